The van der Waals surface area contributed by atoms with Gasteiger partial charge in [0.1, 0.15) is 0 Å². The number of hydrogen-bond donors (Lipinski definition) is 1. The Kier molecular flexibility index (Phi) is 6.76. The highest BCUT2D eigenvalue weighted by molar-refractivity contribution is 7.99. The molecule has 0 spiro atoms. The fraction of sp³-hybridized carbons (Fsp3) is 0.250. The molecule has 1 atom stereocenters. The summed E-state index contributed by atoms with van der Waals surface area (Å²) >= 11 is 1.37. The summed E-state index contributed by atoms with van der Waals surface area (Å²) in [5, 5.41) is 12.6. The minimum atomic E-state index is -0.0311. The summed E-state index contributed by atoms with van der Waals surface area (Å²) in [5.41, 5.74) is 1.79. The van der Waals surface area contributed by atoms with E-state index in [1.165, 1.54) is 11.8 Å². The van der Waals surface area contributed by atoms with Crippen LogP contribution in [0.2, 0.25) is 0 Å². The Labute approximate surface area is 201 Å². The molecule has 1 amide bonds. The fourth-order valence-electron chi connectivity index (χ4n) is 3.99. The number of para-hydroxylation sites is 1. The molecular formula is C24H24N8OS. The molecule has 5 rings (SSSR count). The zero-order valence-electron chi connectivity index (χ0n) is 18.5. The largest absolute Gasteiger partial charge is 0.351 e. The third-order valence-electron chi connectivity index (χ3n) is 5.52. The minimum Gasteiger partial charge on any atom is -0.351 e. The topological polar surface area (TPSA) is 102 Å². The molecule has 9 nitrogen and oxygen atoms in total. The molecule has 0 bridgehead atoms. The van der Waals surface area contributed by atoms with Crippen LogP contribution in [0.5, 0.6) is 0 Å². The first kappa shape index (κ1) is 22.0. The number of thioether (sulfide) groups is 1. The Morgan fingerprint density at radius 3 is 2.68 bits per heavy atom. The molecule has 1 N–H and O–H groups in total. The van der Waals surface area contributed by atoms with Crippen LogP contribution in [-0.4, -0.2) is 60.5 Å². The molecule has 4 heterocycles. The second-order valence-electron chi connectivity index (χ2n) is 7.91. The van der Waals surface area contributed by atoms with E-state index in [0.29, 0.717) is 23.5 Å². The van der Waals surface area contributed by atoms with E-state index in [4.69, 9.17) is 0 Å². The Bertz CT molecular complexity index is 1220. The van der Waals surface area contributed by atoms with Crippen molar-refractivity contribution < 1.29 is 4.79 Å². The standard InChI is InChI=1S/C24H24N8OS/c33-21(28-19-8-5-14-31(16-19)23-26-12-6-13-27-23)17-34-24-30-29-22(18-7-4-11-25-15-18)32(24)20-9-2-1-3-10-20/h1-4,6-7,9-13,15,19H,5,8,14,16-17H2,(H,28,33). The van der Waals surface area contributed by atoms with Gasteiger partial charge in [-0.1, -0.05) is 30.0 Å². The Morgan fingerprint density at radius 2 is 1.88 bits per heavy atom. The van der Waals surface area contributed by atoms with Crippen LogP contribution in [0, 0.1) is 0 Å². The van der Waals surface area contributed by atoms with Gasteiger partial charge in [0.15, 0.2) is 11.0 Å². The first-order valence-corrected chi connectivity index (χ1v) is 12.1. The van der Waals surface area contributed by atoms with E-state index in [9.17, 15) is 4.79 Å². The molecule has 3 aromatic heterocycles. The van der Waals surface area contributed by atoms with Crippen molar-refractivity contribution >= 4 is 23.6 Å². The number of rotatable bonds is 7. The van der Waals surface area contributed by atoms with Crippen LogP contribution in [0.25, 0.3) is 17.1 Å². The molecule has 0 aliphatic carbocycles. The van der Waals surface area contributed by atoms with Crippen LogP contribution in [0.1, 0.15) is 12.8 Å². The average molecular weight is 473 g/mol. The van der Waals surface area contributed by atoms with Gasteiger partial charge in [0, 0.05) is 55.2 Å². The predicted octanol–water partition coefficient (Wildman–Crippen LogP) is 3.00. The second kappa shape index (κ2) is 10.4. The molecule has 4 aromatic rings. The van der Waals surface area contributed by atoms with Crippen LogP contribution in [0.4, 0.5) is 5.95 Å². The number of carbonyl (C=O) groups excluding carboxylic acids is 1. The maximum atomic E-state index is 12.8. The third kappa shape index (κ3) is 5.07. The van der Waals surface area contributed by atoms with Crippen LogP contribution >= 0.6 is 11.8 Å². The SMILES string of the molecule is O=C(CSc1nnc(-c2cccnc2)n1-c1ccccc1)NC1CCCN(c2ncccn2)C1. The average Bonchev–Trinajstić information content (AvgIpc) is 3.33. The van der Waals surface area contributed by atoms with Gasteiger partial charge < -0.3 is 10.2 Å². The van der Waals surface area contributed by atoms with Crippen LogP contribution in [0.3, 0.4) is 0 Å². The third-order valence-corrected chi connectivity index (χ3v) is 6.45. The van der Waals surface area contributed by atoms with Crippen LogP contribution < -0.4 is 10.2 Å². The molecule has 1 aliphatic heterocycles. The van der Waals surface area contributed by atoms with Crippen molar-refractivity contribution in [1.29, 1.82) is 0 Å². The van der Waals surface area contributed by atoms with Crippen LogP contribution in [-0.2, 0) is 4.79 Å². The van der Waals surface area contributed by atoms with Crippen LogP contribution in [0.15, 0.2) is 78.5 Å². The number of piperidine rings is 1. The quantitative estimate of drug-likeness (QED) is 0.410. The summed E-state index contributed by atoms with van der Waals surface area (Å²) in [6.07, 6.45) is 8.88. The summed E-state index contributed by atoms with van der Waals surface area (Å²) < 4.78 is 1.96. The molecule has 1 fully saturated rings. The zero-order chi connectivity index (χ0) is 23.2. The van der Waals surface area contributed by atoms with Crippen molar-refractivity contribution in [3.63, 3.8) is 0 Å². The van der Waals surface area contributed by atoms with E-state index < -0.39 is 0 Å². The van der Waals surface area contributed by atoms with Crippen molar-refractivity contribution in [3.8, 4) is 17.1 Å². The van der Waals surface area contributed by atoms with Gasteiger partial charge >= 0.3 is 0 Å². The molecule has 1 saturated heterocycles. The van der Waals surface area contributed by atoms with E-state index >= 15 is 0 Å². The Hall–Kier alpha value is -3.79. The number of aromatic nitrogens is 6. The highest BCUT2D eigenvalue weighted by Gasteiger charge is 2.24. The van der Waals surface area contributed by atoms with Gasteiger partial charge in [-0.05, 0) is 43.2 Å². The smallest absolute Gasteiger partial charge is 0.230 e. The second-order valence-corrected chi connectivity index (χ2v) is 8.85. The summed E-state index contributed by atoms with van der Waals surface area (Å²) in [4.78, 5) is 27.8. The van der Waals surface area contributed by atoms with Crippen molar-refractivity contribution in [2.75, 3.05) is 23.7 Å². The molecular weight excluding hydrogens is 448 g/mol. The molecule has 1 aliphatic rings. The van der Waals surface area contributed by atoms with E-state index in [0.717, 1.165) is 30.6 Å². The minimum absolute atomic E-state index is 0.0311. The van der Waals surface area contributed by atoms with Crippen molar-refractivity contribution in [2.24, 2.45) is 0 Å². The number of benzene rings is 1. The predicted molar refractivity (Wildman–Crippen MR) is 131 cm³/mol. The highest BCUT2D eigenvalue weighted by Crippen LogP contribution is 2.27. The fourth-order valence-corrected chi connectivity index (χ4v) is 4.75. The van der Waals surface area contributed by atoms with Gasteiger partial charge in [-0.25, -0.2) is 9.97 Å². The summed E-state index contributed by atoms with van der Waals surface area (Å²) in [7, 11) is 0. The number of nitrogens with zero attached hydrogens (tertiary/aromatic N) is 7. The first-order valence-electron chi connectivity index (χ1n) is 11.1. The lowest BCUT2D eigenvalue weighted by atomic mass is 10.1. The molecule has 10 heteroatoms. The van der Waals surface area contributed by atoms with Crippen molar-refractivity contribution in [2.45, 2.75) is 24.0 Å². The van der Waals surface area contributed by atoms with Gasteiger partial charge in [-0.15, -0.1) is 10.2 Å². The number of hydrogen-bond acceptors (Lipinski definition) is 8. The maximum absolute atomic E-state index is 12.8. The Balaban J connectivity index is 1.27. The number of pyridine rings is 1. The lowest BCUT2D eigenvalue weighted by Gasteiger charge is -2.33. The van der Waals surface area contributed by atoms with E-state index in [2.05, 4.69) is 35.4 Å². The Morgan fingerprint density at radius 1 is 1.03 bits per heavy atom. The number of amides is 1. The lowest BCUT2D eigenvalue weighted by molar-refractivity contribution is -0.119. The molecule has 1 unspecified atom stereocenters. The van der Waals surface area contributed by atoms with Gasteiger partial charge in [0.05, 0.1) is 5.75 Å². The monoisotopic (exact) mass is 472 g/mol. The van der Waals surface area contributed by atoms with Gasteiger partial charge in [0.25, 0.3) is 0 Å². The van der Waals surface area contributed by atoms with Gasteiger partial charge in [0.2, 0.25) is 11.9 Å². The van der Waals surface area contributed by atoms with Crippen molar-refractivity contribution in [1.82, 2.24) is 35.0 Å². The van der Waals surface area contributed by atoms with Crippen molar-refractivity contribution in [3.05, 3.63) is 73.3 Å². The normalized spacial score (nSPS) is 15.8. The molecule has 34 heavy (non-hydrogen) atoms. The summed E-state index contributed by atoms with van der Waals surface area (Å²) in [5.74, 6) is 1.61. The molecule has 0 saturated carbocycles. The number of nitrogens with one attached hydrogen (secondary N) is 1. The molecule has 1 aromatic carbocycles. The highest BCUT2D eigenvalue weighted by atomic mass is 32.2. The molecule has 172 valence electrons. The van der Waals surface area contributed by atoms with Gasteiger partial charge in [-0.2, -0.15) is 0 Å². The molecule has 0 radical (unpaired) electrons. The van der Waals surface area contributed by atoms with E-state index in [-0.39, 0.29) is 17.7 Å². The van der Waals surface area contributed by atoms with E-state index in [1.807, 2.05) is 47.0 Å². The number of carbonyl (C=O) groups is 1. The maximum Gasteiger partial charge on any atom is 0.230 e. The van der Waals surface area contributed by atoms with Gasteiger partial charge in [-0.3, -0.25) is 14.3 Å². The summed E-state index contributed by atoms with van der Waals surface area (Å²) in [6, 6.07) is 15.6. The number of anilines is 1. The zero-order valence-corrected chi connectivity index (χ0v) is 19.3. The first-order chi connectivity index (χ1) is 16.8. The van der Waals surface area contributed by atoms with E-state index in [1.54, 1.807) is 30.9 Å². The summed E-state index contributed by atoms with van der Waals surface area (Å²) in [6.45, 7) is 1.59. The lowest BCUT2D eigenvalue weighted by Crippen LogP contribution is -2.48.